The molecule has 5 rings (SSSR count). The summed E-state index contributed by atoms with van der Waals surface area (Å²) in [6, 6.07) is 31.2. The fourth-order valence-corrected chi connectivity index (χ4v) is 4.77. The Balaban J connectivity index is 1.51. The first-order valence-corrected chi connectivity index (χ1v) is 12.1. The fourth-order valence-electron chi connectivity index (χ4n) is 4.77. The number of amides is 1. The molecule has 0 unspecified atom stereocenters. The van der Waals surface area contributed by atoms with Crippen LogP contribution in [0.5, 0.6) is 11.5 Å². The van der Waals surface area contributed by atoms with Crippen LogP contribution in [0.1, 0.15) is 44.6 Å². The summed E-state index contributed by atoms with van der Waals surface area (Å²) in [5.74, 6) is -1.10. The van der Waals surface area contributed by atoms with Crippen LogP contribution in [0.3, 0.4) is 0 Å². The van der Waals surface area contributed by atoms with E-state index in [2.05, 4.69) is 0 Å². The van der Waals surface area contributed by atoms with E-state index < -0.39 is 17.9 Å². The second kappa shape index (κ2) is 10.6. The fraction of sp³-hybridized carbons (Fsp3) is 0.161. The Kier molecular flexibility index (Phi) is 6.90. The number of carboxylic acids is 1. The van der Waals surface area contributed by atoms with Gasteiger partial charge in [0.05, 0.1) is 6.04 Å². The molecule has 1 amide bonds. The minimum atomic E-state index is -0.993. The third-order valence-electron chi connectivity index (χ3n) is 6.63. The zero-order chi connectivity index (χ0) is 25.8. The topological polar surface area (TPSA) is 76.1 Å². The van der Waals surface area contributed by atoms with E-state index >= 15 is 0 Å². The van der Waals surface area contributed by atoms with Crippen molar-refractivity contribution < 1.29 is 24.2 Å². The Morgan fingerprint density at radius 2 is 1.35 bits per heavy atom. The summed E-state index contributed by atoms with van der Waals surface area (Å²) >= 11 is 0. The van der Waals surface area contributed by atoms with Crippen molar-refractivity contribution >= 4 is 11.9 Å². The number of hydrogen-bond donors (Lipinski definition) is 1. The molecule has 1 N–H and O–H groups in total. The summed E-state index contributed by atoms with van der Waals surface area (Å²) in [6.07, 6.45) is 0. The molecule has 0 aliphatic carbocycles. The first-order valence-electron chi connectivity index (χ1n) is 12.1. The van der Waals surface area contributed by atoms with Crippen molar-refractivity contribution in [1.82, 2.24) is 4.90 Å². The summed E-state index contributed by atoms with van der Waals surface area (Å²) in [6.45, 7) is 0.672. The first kappa shape index (κ1) is 24.1. The molecule has 4 aromatic rings. The maximum atomic E-state index is 13.2. The minimum Gasteiger partial charge on any atom is -0.485 e. The van der Waals surface area contributed by atoms with Crippen LogP contribution < -0.4 is 9.47 Å². The van der Waals surface area contributed by atoms with Crippen molar-refractivity contribution in [3.05, 3.63) is 131 Å². The van der Waals surface area contributed by atoms with E-state index in [1.165, 1.54) is 4.90 Å². The van der Waals surface area contributed by atoms with E-state index in [0.717, 1.165) is 11.1 Å². The highest BCUT2D eigenvalue weighted by Gasteiger charge is 2.42. The van der Waals surface area contributed by atoms with Crippen molar-refractivity contribution in [2.75, 3.05) is 7.05 Å². The number of carbonyl (C=O) groups is 2. The SMILES string of the molecule is CN1C(=O)c2ccccc2[C@H](C(=O)O)[C@@H]1c1ccc(OCc2ccccc2)c(OCc2ccccc2)c1. The molecule has 37 heavy (non-hydrogen) atoms. The molecule has 186 valence electrons. The van der Waals surface area contributed by atoms with Gasteiger partial charge in [-0.05, 0) is 40.5 Å². The van der Waals surface area contributed by atoms with Crippen molar-refractivity contribution in [1.29, 1.82) is 0 Å². The lowest BCUT2D eigenvalue weighted by atomic mass is 9.80. The Morgan fingerprint density at radius 3 is 1.97 bits per heavy atom. The van der Waals surface area contributed by atoms with Crippen LogP contribution >= 0.6 is 0 Å². The van der Waals surface area contributed by atoms with E-state index in [9.17, 15) is 14.7 Å². The van der Waals surface area contributed by atoms with Gasteiger partial charge in [-0.2, -0.15) is 0 Å². The summed E-state index contributed by atoms with van der Waals surface area (Å²) < 4.78 is 12.3. The molecule has 6 nitrogen and oxygen atoms in total. The van der Waals surface area contributed by atoms with E-state index in [1.54, 1.807) is 43.4 Å². The normalized spacial score (nSPS) is 16.7. The van der Waals surface area contributed by atoms with Gasteiger partial charge in [0.15, 0.2) is 11.5 Å². The van der Waals surface area contributed by atoms with Gasteiger partial charge in [-0.15, -0.1) is 0 Å². The standard InChI is InChI=1S/C31H27NO5/c1-32-29(28(31(34)35)24-14-8-9-15-25(24)30(32)33)23-16-17-26(36-19-21-10-4-2-5-11-21)27(18-23)37-20-22-12-6-3-7-13-22/h2-18,28-29H,19-20H2,1H3,(H,34,35)/t28-,29-/m0/s1. The lowest BCUT2D eigenvalue weighted by Crippen LogP contribution is -2.42. The van der Waals surface area contributed by atoms with Crippen LogP contribution in [0.15, 0.2) is 103 Å². The molecule has 0 aromatic heterocycles. The summed E-state index contributed by atoms with van der Waals surface area (Å²) in [7, 11) is 1.64. The maximum Gasteiger partial charge on any atom is 0.313 e. The molecular formula is C31H27NO5. The quantitative estimate of drug-likeness (QED) is 0.334. The third kappa shape index (κ3) is 5.05. The van der Waals surface area contributed by atoms with Gasteiger partial charge in [-0.3, -0.25) is 9.59 Å². The predicted molar refractivity (Wildman–Crippen MR) is 140 cm³/mol. The highest BCUT2D eigenvalue weighted by Crippen LogP contribution is 2.44. The molecule has 0 saturated carbocycles. The molecule has 0 bridgehead atoms. The third-order valence-corrected chi connectivity index (χ3v) is 6.63. The van der Waals surface area contributed by atoms with Crippen molar-refractivity contribution in [3.8, 4) is 11.5 Å². The number of aliphatic carboxylic acids is 1. The molecular weight excluding hydrogens is 466 g/mol. The van der Waals surface area contributed by atoms with E-state index in [4.69, 9.17) is 9.47 Å². The molecule has 0 saturated heterocycles. The van der Waals surface area contributed by atoms with Crippen LogP contribution in [0.4, 0.5) is 0 Å². The molecule has 1 aliphatic rings. The molecule has 6 heteroatoms. The minimum absolute atomic E-state index is 0.214. The molecule has 0 spiro atoms. The highest BCUT2D eigenvalue weighted by atomic mass is 16.5. The number of rotatable bonds is 8. The van der Waals surface area contributed by atoms with E-state index in [0.29, 0.717) is 41.4 Å². The van der Waals surface area contributed by atoms with Gasteiger partial charge in [0.1, 0.15) is 19.1 Å². The first-order chi connectivity index (χ1) is 18.0. The van der Waals surface area contributed by atoms with Crippen LogP contribution in [0.2, 0.25) is 0 Å². The van der Waals surface area contributed by atoms with Gasteiger partial charge in [0.25, 0.3) is 5.91 Å². The predicted octanol–water partition coefficient (Wildman–Crippen LogP) is 5.84. The molecule has 1 aliphatic heterocycles. The smallest absolute Gasteiger partial charge is 0.313 e. The van der Waals surface area contributed by atoms with Crippen molar-refractivity contribution in [3.63, 3.8) is 0 Å². The number of likely N-dealkylation sites (N-methyl/N-ethyl adjacent to an activating group) is 1. The summed E-state index contributed by atoms with van der Waals surface area (Å²) in [5.41, 5.74) is 3.59. The number of ether oxygens (including phenoxy) is 2. The van der Waals surface area contributed by atoms with Crippen molar-refractivity contribution in [2.45, 2.75) is 25.2 Å². The van der Waals surface area contributed by atoms with Gasteiger partial charge >= 0.3 is 5.97 Å². The van der Waals surface area contributed by atoms with Gasteiger partial charge in [0, 0.05) is 12.6 Å². The average Bonchev–Trinajstić information content (AvgIpc) is 2.93. The van der Waals surface area contributed by atoms with Gasteiger partial charge in [0.2, 0.25) is 0 Å². The molecule has 1 heterocycles. The summed E-state index contributed by atoms with van der Waals surface area (Å²) in [5, 5.41) is 10.2. The molecule has 0 radical (unpaired) electrons. The molecule has 4 aromatic carbocycles. The number of carbonyl (C=O) groups excluding carboxylic acids is 1. The molecule has 2 atom stereocenters. The number of carboxylic acid groups (broad SMARTS) is 1. The van der Waals surface area contributed by atoms with E-state index in [-0.39, 0.29) is 5.91 Å². The van der Waals surface area contributed by atoms with Crippen LogP contribution in [-0.2, 0) is 18.0 Å². The van der Waals surface area contributed by atoms with E-state index in [1.807, 2.05) is 66.7 Å². The Morgan fingerprint density at radius 1 is 0.784 bits per heavy atom. The number of hydrogen-bond acceptors (Lipinski definition) is 4. The number of benzene rings is 4. The van der Waals surface area contributed by atoms with Crippen LogP contribution in [-0.4, -0.2) is 28.9 Å². The Labute approximate surface area is 215 Å². The zero-order valence-electron chi connectivity index (χ0n) is 20.4. The largest absolute Gasteiger partial charge is 0.485 e. The lowest BCUT2D eigenvalue weighted by Gasteiger charge is -2.38. The highest BCUT2D eigenvalue weighted by molar-refractivity contribution is 6.00. The van der Waals surface area contributed by atoms with Gasteiger partial charge in [-0.1, -0.05) is 84.9 Å². The second-order valence-corrected chi connectivity index (χ2v) is 9.02. The number of fused-ring (bicyclic) bond motifs is 1. The van der Waals surface area contributed by atoms with Crippen LogP contribution in [0.25, 0.3) is 0 Å². The number of nitrogens with zero attached hydrogens (tertiary/aromatic N) is 1. The lowest BCUT2D eigenvalue weighted by molar-refractivity contribution is -0.140. The molecule has 0 fully saturated rings. The average molecular weight is 494 g/mol. The van der Waals surface area contributed by atoms with Gasteiger partial charge in [-0.25, -0.2) is 0 Å². The zero-order valence-corrected chi connectivity index (χ0v) is 20.4. The Bertz CT molecular complexity index is 1400. The van der Waals surface area contributed by atoms with Crippen LogP contribution in [0, 0.1) is 0 Å². The second-order valence-electron chi connectivity index (χ2n) is 9.02. The summed E-state index contributed by atoms with van der Waals surface area (Å²) in [4.78, 5) is 27.2. The monoisotopic (exact) mass is 493 g/mol. The van der Waals surface area contributed by atoms with Crippen molar-refractivity contribution in [2.24, 2.45) is 0 Å². The van der Waals surface area contributed by atoms with Gasteiger partial charge < -0.3 is 19.5 Å². The maximum absolute atomic E-state index is 13.2. The Hall–Kier alpha value is -4.58.